The molecule has 0 aliphatic heterocycles. The highest BCUT2D eigenvalue weighted by atomic mass is 15.2. The fourth-order valence-electron chi connectivity index (χ4n) is 2.49. The summed E-state index contributed by atoms with van der Waals surface area (Å²) in [7, 11) is 6.55. The van der Waals surface area contributed by atoms with Gasteiger partial charge in [-0.25, -0.2) is 0 Å². The third kappa shape index (κ3) is 4.09. The van der Waals surface area contributed by atoms with Gasteiger partial charge in [-0.1, -0.05) is 13.3 Å². The highest BCUT2D eigenvalue weighted by Crippen LogP contribution is 2.23. The minimum Gasteiger partial charge on any atom is -0.313 e. The molecule has 0 bridgehead atoms. The summed E-state index contributed by atoms with van der Waals surface area (Å²) in [5, 5.41) is 3.61. The number of nitrogens with zero attached hydrogens (tertiary/aromatic N) is 2. The zero-order valence-corrected chi connectivity index (χ0v) is 10.8. The normalized spacial score (nSPS) is 26.8. The Bertz CT molecular complexity index is 170. The molecule has 0 spiro atoms. The first-order valence-corrected chi connectivity index (χ1v) is 6.23. The summed E-state index contributed by atoms with van der Waals surface area (Å²) in [6.07, 6.45) is 4.10. The highest BCUT2D eigenvalue weighted by Gasteiger charge is 2.29. The van der Waals surface area contributed by atoms with Crippen LogP contribution in [0.15, 0.2) is 0 Å². The SMILES string of the molecule is CCNC1CCCC1N(C)CCN(C)C. The van der Waals surface area contributed by atoms with Gasteiger partial charge in [0.05, 0.1) is 0 Å². The number of hydrogen-bond donors (Lipinski definition) is 1. The predicted octanol–water partition coefficient (Wildman–Crippen LogP) is 1.01. The molecule has 1 fully saturated rings. The topological polar surface area (TPSA) is 18.5 Å². The molecule has 0 aromatic rings. The average Bonchev–Trinajstić information content (AvgIpc) is 2.63. The van der Waals surface area contributed by atoms with E-state index in [1.165, 1.54) is 25.8 Å². The van der Waals surface area contributed by atoms with Crippen molar-refractivity contribution >= 4 is 0 Å². The van der Waals surface area contributed by atoms with E-state index in [0.717, 1.165) is 25.2 Å². The second-order valence-corrected chi connectivity index (χ2v) is 4.95. The molecule has 3 heteroatoms. The van der Waals surface area contributed by atoms with E-state index in [1.54, 1.807) is 0 Å². The maximum atomic E-state index is 3.61. The van der Waals surface area contributed by atoms with E-state index in [1.807, 2.05) is 0 Å². The molecule has 0 saturated heterocycles. The van der Waals surface area contributed by atoms with Gasteiger partial charge in [-0.15, -0.1) is 0 Å². The quantitative estimate of drug-likeness (QED) is 0.710. The molecule has 2 atom stereocenters. The second-order valence-electron chi connectivity index (χ2n) is 4.95. The van der Waals surface area contributed by atoms with E-state index < -0.39 is 0 Å². The van der Waals surface area contributed by atoms with E-state index in [0.29, 0.717) is 0 Å². The van der Waals surface area contributed by atoms with Gasteiger partial charge in [-0.2, -0.15) is 0 Å². The summed E-state index contributed by atoms with van der Waals surface area (Å²) in [5.74, 6) is 0. The molecule has 0 aromatic carbocycles. The Balaban J connectivity index is 2.33. The molecule has 1 N–H and O–H groups in total. The van der Waals surface area contributed by atoms with Crippen LogP contribution in [0.5, 0.6) is 0 Å². The molecule has 1 rings (SSSR count). The zero-order chi connectivity index (χ0) is 11.3. The van der Waals surface area contributed by atoms with Gasteiger partial charge in [0.25, 0.3) is 0 Å². The summed E-state index contributed by atoms with van der Waals surface area (Å²) >= 11 is 0. The Kier molecular flexibility index (Phi) is 5.58. The fourth-order valence-corrected chi connectivity index (χ4v) is 2.49. The van der Waals surface area contributed by atoms with Crippen molar-refractivity contribution < 1.29 is 0 Å². The lowest BCUT2D eigenvalue weighted by molar-refractivity contribution is 0.194. The third-order valence-corrected chi connectivity index (χ3v) is 3.41. The van der Waals surface area contributed by atoms with Crippen molar-refractivity contribution in [3.05, 3.63) is 0 Å². The van der Waals surface area contributed by atoms with Crippen LogP contribution in [0, 0.1) is 0 Å². The van der Waals surface area contributed by atoms with Crippen LogP contribution in [0.25, 0.3) is 0 Å². The van der Waals surface area contributed by atoms with E-state index in [4.69, 9.17) is 0 Å². The molecule has 15 heavy (non-hydrogen) atoms. The molecule has 1 aliphatic carbocycles. The fraction of sp³-hybridized carbons (Fsp3) is 1.00. The molecule has 1 aliphatic rings. The average molecular weight is 213 g/mol. The summed E-state index contributed by atoms with van der Waals surface area (Å²) in [6.45, 7) is 5.64. The zero-order valence-electron chi connectivity index (χ0n) is 10.8. The van der Waals surface area contributed by atoms with E-state index >= 15 is 0 Å². The van der Waals surface area contributed by atoms with Crippen LogP contribution >= 0.6 is 0 Å². The van der Waals surface area contributed by atoms with Crippen molar-refractivity contribution in [3.8, 4) is 0 Å². The van der Waals surface area contributed by atoms with Gasteiger partial charge in [-0.3, -0.25) is 0 Å². The lowest BCUT2D eigenvalue weighted by Gasteiger charge is -2.30. The summed E-state index contributed by atoms with van der Waals surface area (Å²) < 4.78 is 0. The van der Waals surface area contributed by atoms with Crippen LogP contribution in [0.3, 0.4) is 0 Å². The number of rotatable bonds is 6. The molecule has 1 saturated carbocycles. The van der Waals surface area contributed by atoms with Crippen molar-refractivity contribution in [1.29, 1.82) is 0 Å². The number of hydrogen-bond acceptors (Lipinski definition) is 3. The first kappa shape index (κ1) is 12.9. The molecule has 0 aromatic heterocycles. The van der Waals surface area contributed by atoms with Gasteiger partial charge in [0, 0.05) is 25.2 Å². The van der Waals surface area contributed by atoms with Gasteiger partial charge < -0.3 is 15.1 Å². The van der Waals surface area contributed by atoms with Gasteiger partial charge in [0.15, 0.2) is 0 Å². The molecule has 0 heterocycles. The monoisotopic (exact) mass is 213 g/mol. The number of nitrogens with one attached hydrogen (secondary N) is 1. The predicted molar refractivity (Wildman–Crippen MR) is 66.3 cm³/mol. The summed E-state index contributed by atoms with van der Waals surface area (Å²) in [4.78, 5) is 4.79. The van der Waals surface area contributed by atoms with Crippen molar-refractivity contribution in [2.75, 3.05) is 40.8 Å². The summed E-state index contributed by atoms with van der Waals surface area (Å²) in [5.41, 5.74) is 0. The Morgan fingerprint density at radius 1 is 1.13 bits per heavy atom. The Morgan fingerprint density at radius 2 is 1.87 bits per heavy atom. The first-order valence-electron chi connectivity index (χ1n) is 6.23. The smallest absolute Gasteiger partial charge is 0.0246 e. The van der Waals surface area contributed by atoms with Crippen LogP contribution in [0.4, 0.5) is 0 Å². The lowest BCUT2D eigenvalue weighted by Crippen LogP contribution is -2.46. The Morgan fingerprint density at radius 3 is 2.47 bits per heavy atom. The largest absolute Gasteiger partial charge is 0.313 e. The van der Waals surface area contributed by atoms with E-state index in [2.05, 4.69) is 43.2 Å². The molecule has 0 radical (unpaired) electrons. The van der Waals surface area contributed by atoms with E-state index in [9.17, 15) is 0 Å². The van der Waals surface area contributed by atoms with Crippen molar-refractivity contribution in [2.24, 2.45) is 0 Å². The first-order chi connectivity index (χ1) is 7.15. The van der Waals surface area contributed by atoms with Crippen LogP contribution in [-0.4, -0.2) is 62.7 Å². The van der Waals surface area contributed by atoms with Gasteiger partial charge >= 0.3 is 0 Å². The maximum Gasteiger partial charge on any atom is 0.0246 e. The van der Waals surface area contributed by atoms with Gasteiger partial charge in [-0.05, 0) is 40.5 Å². The molecule has 0 amide bonds. The molecular weight excluding hydrogens is 186 g/mol. The lowest BCUT2D eigenvalue weighted by atomic mass is 10.1. The molecule has 90 valence electrons. The van der Waals surface area contributed by atoms with Crippen LogP contribution < -0.4 is 5.32 Å². The van der Waals surface area contributed by atoms with Crippen molar-refractivity contribution in [1.82, 2.24) is 15.1 Å². The van der Waals surface area contributed by atoms with Gasteiger partial charge in [0.1, 0.15) is 0 Å². The van der Waals surface area contributed by atoms with Crippen LogP contribution in [0.2, 0.25) is 0 Å². The second kappa shape index (κ2) is 6.46. The molecular formula is C12H27N3. The number of likely N-dealkylation sites (N-methyl/N-ethyl adjacent to an activating group) is 3. The standard InChI is InChI=1S/C12H27N3/c1-5-13-11-7-6-8-12(11)15(4)10-9-14(2)3/h11-13H,5-10H2,1-4H3. The van der Waals surface area contributed by atoms with Crippen molar-refractivity contribution in [2.45, 2.75) is 38.3 Å². The molecule has 3 nitrogen and oxygen atoms in total. The molecule has 2 unspecified atom stereocenters. The van der Waals surface area contributed by atoms with Crippen LogP contribution in [0.1, 0.15) is 26.2 Å². The van der Waals surface area contributed by atoms with Crippen molar-refractivity contribution in [3.63, 3.8) is 0 Å². The highest BCUT2D eigenvalue weighted by molar-refractivity contribution is 4.89. The minimum absolute atomic E-state index is 0.724. The summed E-state index contributed by atoms with van der Waals surface area (Å²) in [6, 6.07) is 1.48. The van der Waals surface area contributed by atoms with Gasteiger partial charge in [0.2, 0.25) is 0 Å². The third-order valence-electron chi connectivity index (χ3n) is 3.41. The van der Waals surface area contributed by atoms with Crippen LogP contribution in [-0.2, 0) is 0 Å². The minimum atomic E-state index is 0.724. The maximum absolute atomic E-state index is 3.61. The Hall–Kier alpha value is -0.120. The van der Waals surface area contributed by atoms with E-state index in [-0.39, 0.29) is 0 Å². The Labute approximate surface area is 94.8 Å².